The molecule has 2 unspecified atom stereocenters. The molecule has 0 radical (unpaired) electrons. The van der Waals surface area contributed by atoms with Crippen molar-refractivity contribution < 1.29 is 4.42 Å². The van der Waals surface area contributed by atoms with Gasteiger partial charge in [-0.15, -0.1) is 0 Å². The van der Waals surface area contributed by atoms with Crippen LogP contribution in [0.15, 0.2) is 23.0 Å². The van der Waals surface area contributed by atoms with Gasteiger partial charge in [0.25, 0.3) is 0 Å². The van der Waals surface area contributed by atoms with E-state index in [1.807, 2.05) is 12.3 Å². The summed E-state index contributed by atoms with van der Waals surface area (Å²) in [6, 6.07) is 2.76. The molecule has 0 spiro atoms. The second-order valence-electron chi connectivity index (χ2n) is 4.30. The van der Waals surface area contributed by atoms with Gasteiger partial charge in [-0.2, -0.15) is 0 Å². The maximum Gasteiger partial charge on any atom is 0.0947 e. The van der Waals surface area contributed by atoms with Crippen LogP contribution in [0.5, 0.6) is 0 Å². The van der Waals surface area contributed by atoms with Crippen molar-refractivity contribution in [2.24, 2.45) is 5.92 Å². The molecule has 0 aromatic carbocycles. The second-order valence-corrected chi connectivity index (χ2v) is 4.30. The van der Waals surface area contributed by atoms with Crippen LogP contribution in [-0.4, -0.2) is 6.04 Å². The Morgan fingerprint density at radius 1 is 1.50 bits per heavy atom. The van der Waals surface area contributed by atoms with Gasteiger partial charge in [0.1, 0.15) is 0 Å². The molecule has 1 fully saturated rings. The third-order valence-corrected chi connectivity index (χ3v) is 3.29. The molecule has 1 aromatic rings. The summed E-state index contributed by atoms with van der Waals surface area (Å²) < 4.78 is 5.03. The van der Waals surface area contributed by atoms with Crippen molar-refractivity contribution in [3.63, 3.8) is 0 Å². The van der Waals surface area contributed by atoms with E-state index in [1.54, 1.807) is 6.26 Å². The molecule has 0 aliphatic heterocycles. The Balaban J connectivity index is 1.72. The van der Waals surface area contributed by atoms with E-state index in [1.165, 1.54) is 31.2 Å². The average Bonchev–Trinajstić information content (AvgIpc) is 2.86. The molecule has 1 aromatic heterocycles. The number of nitrogens with one attached hydrogen (secondary N) is 1. The van der Waals surface area contributed by atoms with Gasteiger partial charge in [0.05, 0.1) is 12.5 Å². The molecule has 2 heteroatoms. The Kier molecular flexibility index (Phi) is 3.25. The molecule has 1 aliphatic rings. The van der Waals surface area contributed by atoms with Gasteiger partial charge in [-0.1, -0.05) is 13.3 Å². The summed E-state index contributed by atoms with van der Waals surface area (Å²) in [4.78, 5) is 0. The molecule has 2 atom stereocenters. The van der Waals surface area contributed by atoms with Crippen LogP contribution in [0, 0.1) is 5.92 Å². The van der Waals surface area contributed by atoms with Gasteiger partial charge < -0.3 is 9.73 Å². The Morgan fingerprint density at radius 2 is 2.43 bits per heavy atom. The first-order valence-electron chi connectivity index (χ1n) is 5.63. The lowest BCUT2D eigenvalue weighted by Crippen LogP contribution is -2.25. The molecule has 0 amide bonds. The van der Waals surface area contributed by atoms with Crippen molar-refractivity contribution in [2.75, 3.05) is 0 Å². The SMILES string of the molecule is CCC1CCC(NCc2ccoc2)C1. The predicted octanol–water partition coefficient (Wildman–Crippen LogP) is 2.95. The number of furan rings is 1. The molecular formula is C12H19NO. The van der Waals surface area contributed by atoms with Crippen LogP contribution in [0.4, 0.5) is 0 Å². The molecule has 0 saturated heterocycles. The van der Waals surface area contributed by atoms with Gasteiger partial charge in [0.15, 0.2) is 0 Å². The zero-order valence-corrected chi connectivity index (χ0v) is 8.83. The Morgan fingerprint density at radius 3 is 3.07 bits per heavy atom. The predicted molar refractivity (Wildman–Crippen MR) is 57.0 cm³/mol. The topological polar surface area (TPSA) is 25.2 Å². The highest BCUT2D eigenvalue weighted by atomic mass is 16.3. The van der Waals surface area contributed by atoms with Crippen molar-refractivity contribution in [2.45, 2.75) is 45.2 Å². The van der Waals surface area contributed by atoms with Gasteiger partial charge in [-0.05, 0) is 31.2 Å². The standard InChI is InChI=1S/C12H19NO/c1-2-10-3-4-12(7-10)13-8-11-5-6-14-9-11/h5-6,9-10,12-13H,2-4,7-8H2,1H3. The fourth-order valence-corrected chi connectivity index (χ4v) is 2.29. The van der Waals surface area contributed by atoms with Crippen molar-refractivity contribution in [3.05, 3.63) is 24.2 Å². The monoisotopic (exact) mass is 193 g/mol. The van der Waals surface area contributed by atoms with Gasteiger partial charge >= 0.3 is 0 Å². The highest BCUT2D eigenvalue weighted by Gasteiger charge is 2.22. The Labute approximate surface area is 85.7 Å². The smallest absolute Gasteiger partial charge is 0.0947 e. The lowest BCUT2D eigenvalue weighted by molar-refractivity contribution is 0.475. The lowest BCUT2D eigenvalue weighted by Gasteiger charge is -2.11. The van der Waals surface area contributed by atoms with Crippen molar-refractivity contribution >= 4 is 0 Å². The van der Waals surface area contributed by atoms with Crippen LogP contribution in [-0.2, 0) is 6.54 Å². The van der Waals surface area contributed by atoms with E-state index in [4.69, 9.17) is 4.42 Å². The van der Waals surface area contributed by atoms with E-state index in [2.05, 4.69) is 12.2 Å². The first-order chi connectivity index (χ1) is 6.88. The molecule has 1 N–H and O–H groups in total. The zero-order chi connectivity index (χ0) is 9.80. The molecular weight excluding hydrogens is 174 g/mol. The summed E-state index contributed by atoms with van der Waals surface area (Å²) in [5.74, 6) is 0.955. The molecule has 2 rings (SSSR count). The Hall–Kier alpha value is -0.760. The molecule has 2 nitrogen and oxygen atoms in total. The lowest BCUT2D eigenvalue weighted by atomic mass is 10.1. The molecule has 78 valence electrons. The van der Waals surface area contributed by atoms with Crippen molar-refractivity contribution in [3.8, 4) is 0 Å². The third kappa shape index (κ3) is 2.38. The van der Waals surface area contributed by atoms with Crippen LogP contribution < -0.4 is 5.32 Å². The zero-order valence-electron chi connectivity index (χ0n) is 8.83. The first-order valence-corrected chi connectivity index (χ1v) is 5.63. The first kappa shape index (κ1) is 9.78. The van der Waals surface area contributed by atoms with Crippen LogP contribution in [0.1, 0.15) is 38.2 Å². The average molecular weight is 193 g/mol. The van der Waals surface area contributed by atoms with Crippen LogP contribution in [0.25, 0.3) is 0 Å². The van der Waals surface area contributed by atoms with E-state index < -0.39 is 0 Å². The van der Waals surface area contributed by atoms with E-state index in [-0.39, 0.29) is 0 Å². The molecule has 14 heavy (non-hydrogen) atoms. The maximum atomic E-state index is 5.03. The summed E-state index contributed by atoms with van der Waals surface area (Å²) in [5.41, 5.74) is 1.25. The third-order valence-electron chi connectivity index (χ3n) is 3.29. The fourth-order valence-electron chi connectivity index (χ4n) is 2.29. The minimum absolute atomic E-state index is 0.731. The summed E-state index contributed by atoms with van der Waals surface area (Å²) in [6.45, 7) is 3.25. The maximum absolute atomic E-state index is 5.03. The van der Waals surface area contributed by atoms with E-state index in [0.29, 0.717) is 0 Å². The van der Waals surface area contributed by atoms with Crippen LogP contribution >= 0.6 is 0 Å². The minimum Gasteiger partial charge on any atom is -0.472 e. The summed E-state index contributed by atoms with van der Waals surface area (Å²) >= 11 is 0. The van der Waals surface area contributed by atoms with Crippen molar-refractivity contribution in [1.82, 2.24) is 5.32 Å². The normalized spacial score (nSPS) is 26.9. The van der Waals surface area contributed by atoms with E-state index >= 15 is 0 Å². The Bertz CT molecular complexity index is 255. The second kappa shape index (κ2) is 4.65. The minimum atomic E-state index is 0.731. The van der Waals surface area contributed by atoms with E-state index in [0.717, 1.165) is 18.5 Å². The molecule has 1 aliphatic carbocycles. The van der Waals surface area contributed by atoms with Gasteiger partial charge in [-0.25, -0.2) is 0 Å². The summed E-state index contributed by atoms with van der Waals surface area (Å²) in [5, 5.41) is 3.59. The largest absolute Gasteiger partial charge is 0.472 e. The number of hydrogen-bond donors (Lipinski definition) is 1. The highest BCUT2D eigenvalue weighted by molar-refractivity contribution is 5.04. The van der Waals surface area contributed by atoms with Crippen molar-refractivity contribution in [1.29, 1.82) is 0 Å². The fraction of sp³-hybridized carbons (Fsp3) is 0.667. The summed E-state index contributed by atoms with van der Waals surface area (Å²) in [7, 11) is 0. The quantitative estimate of drug-likeness (QED) is 0.795. The number of rotatable bonds is 4. The van der Waals surface area contributed by atoms with Gasteiger partial charge in [0, 0.05) is 18.2 Å². The number of hydrogen-bond acceptors (Lipinski definition) is 2. The van der Waals surface area contributed by atoms with Crippen LogP contribution in [0.2, 0.25) is 0 Å². The molecule has 1 saturated carbocycles. The highest BCUT2D eigenvalue weighted by Crippen LogP contribution is 2.27. The molecule has 0 bridgehead atoms. The van der Waals surface area contributed by atoms with Gasteiger partial charge in [-0.3, -0.25) is 0 Å². The summed E-state index contributed by atoms with van der Waals surface area (Å²) in [6.07, 6.45) is 8.99. The van der Waals surface area contributed by atoms with Crippen LogP contribution in [0.3, 0.4) is 0 Å². The van der Waals surface area contributed by atoms with E-state index in [9.17, 15) is 0 Å². The molecule has 1 heterocycles. The van der Waals surface area contributed by atoms with Gasteiger partial charge in [0.2, 0.25) is 0 Å².